The maximum absolute atomic E-state index is 12.2. The number of carbonyl (C=O) groups is 1. The van der Waals surface area contributed by atoms with Crippen LogP contribution in [-0.2, 0) is 14.3 Å². The molecule has 0 N–H and O–H groups in total. The van der Waals surface area contributed by atoms with Gasteiger partial charge in [-0.25, -0.2) is 9.86 Å². The summed E-state index contributed by atoms with van der Waals surface area (Å²) in [6.45, 7) is 4.51. The van der Waals surface area contributed by atoms with E-state index in [9.17, 15) is 10.3 Å². The number of likely N-dealkylation sites (N-methyl/N-ethyl adjacent to an activating group) is 1. The molecule has 0 aromatic heterocycles. The molecule has 0 bridgehead atoms. The lowest BCUT2D eigenvalue weighted by atomic mass is 10.1. The highest BCUT2D eigenvalue weighted by molar-refractivity contribution is 5.97. The van der Waals surface area contributed by atoms with Gasteiger partial charge in [-0.05, 0) is 26.0 Å². The second-order valence-corrected chi connectivity index (χ2v) is 5.15. The van der Waals surface area contributed by atoms with Crippen molar-refractivity contribution in [2.45, 2.75) is 20.3 Å². The number of hydroxylamine groups is 2. The molecular formula is C18H21N3O4. The largest absolute Gasteiger partial charge is 0.495 e. The summed E-state index contributed by atoms with van der Waals surface area (Å²) in [4.78, 5) is 20.9. The summed E-state index contributed by atoms with van der Waals surface area (Å²) in [6, 6.07) is 8.70. The maximum Gasteiger partial charge on any atom is 0.363 e. The molecule has 0 fully saturated rings. The van der Waals surface area contributed by atoms with Gasteiger partial charge in [0.05, 0.1) is 18.8 Å². The Labute approximate surface area is 146 Å². The fourth-order valence-electron chi connectivity index (χ4n) is 2.35. The van der Waals surface area contributed by atoms with E-state index in [1.165, 1.54) is 5.06 Å². The van der Waals surface area contributed by atoms with E-state index in [0.29, 0.717) is 41.7 Å². The van der Waals surface area contributed by atoms with E-state index in [2.05, 4.69) is 4.79 Å². The van der Waals surface area contributed by atoms with E-state index in [4.69, 9.17) is 14.3 Å². The molecule has 25 heavy (non-hydrogen) atoms. The molecule has 0 saturated heterocycles. The van der Waals surface area contributed by atoms with Crippen LogP contribution in [0.3, 0.4) is 0 Å². The van der Waals surface area contributed by atoms with Gasteiger partial charge in [0.1, 0.15) is 17.9 Å². The van der Waals surface area contributed by atoms with Crippen LogP contribution in [0, 0.1) is 0 Å². The molecule has 132 valence electrons. The minimum Gasteiger partial charge on any atom is -0.495 e. The number of carbonyl (C=O) groups excluding carboxylic acids is 1. The van der Waals surface area contributed by atoms with Gasteiger partial charge in [0.25, 0.3) is 0 Å². The van der Waals surface area contributed by atoms with Gasteiger partial charge < -0.3 is 19.8 Å². The van der Waals surface area contributed by atoms with E-state index in [1.807, 2.05) is 19.9 Å². The van der Waals surface area contributed by atoms with Gasteiger partial charge in [0, 0.05) is 13.1 Å². The monoisotopic (exact) mass is 343 g/mol. The molecule has 1 aliphatic carbocycles. The Balaban J connectivity index is 2.28. The van der Waals surface area contributed by atoms with E-state index in [1.54, 1.807) is 37.4 Å². The molecule has 0 saturated carbocycles. The van der Waals surface area contributed by atoms with Crippen LogP contribution in [0.1, 0.15) is 30.6 Å². The van der Waals surface area contributed by atoms with Crippen LogP contribution in [0.15, 0.2) is 53.6 Å². The summed E-state index contributed by atoms with van der Waals surface area (Å²) in [5.74, 6) is 0.451. The maximum atomic E-state index is 12.2. The number of hydrogen-bond donors (Lipinski definition) is 0. The van der Waals surface area contributed by atoms with Crippen LogP contribution < -0.4 is 0 Å². The predicted octanol–water partition coefficient (Wildman–Crippen LogP) is 2.93. The predicted molar refractivity (Wildman–Crippen MR) is 91.2 cm³/mol. The summed E-state index contributed by atoms with van der Waals surface area (Å²) >= 11 is 0. The van der Waals surface area contributed by atoms with Crippen LogP contribution in [0.5, 0.6) is 0 Å². The quantitative estimate of drug-likeness (QED) is 0.432. The summed E-state index contributed by atoms with van der Waals surface area (Å²) in [5, 5.41) is 1.33. The minimum absolute atomic E-state index is 0.235. The number of hydrogen-bond acceptors (Lipinski definition) is 5. The Morgan fingerprint density at radius 3 is 2.48 bits per heavy atom. The van der Waals surface area contributed by atoms with Crippen molar-refractivity contribution >= 4 is 11.7 Å². The molecule has 7 nitrogen and oxygen atoms in total. The normalized spacial score (nSPS) is 13.7. The van der Waals surface area contributed by atoms with Crippen molar-refractivity contribution < 1.29 is 23.9 Å². The molecule has 0 spiro atoms. The standard InChI is InChI=1S/C18H21N3O4/c1-4-23-16-12-15(17(24-5-2)11-14(16)20-19)21(3)25-18(22)13-9-7-6-8-10-13/h6-10,12H,4-5,11H2,1-3H3. The molecule has 1 aromatic rings. The highest BCUT2D eigenvalue weighted by Crippen LogP contribution is 2.25. The molecule has 7 heteroatoms. The van der Waals surface area contributed by atoms with Crippen LogP contribution in [-0.4, -0.2) is 41.8 Å². The van der Waals surface area contributed by atoms with Crippen LogP contribution >= 0.6 is 0 Å². The highest BCUT2D eigenvalue weighted by atomic mass is 16.7. The molecule has 2 rings (SSSR count). The van der Waals surface area contributed by atoms with Gasteiger partial charge in [-0.2, -0.15) is 4.79 Å². The zero-order valence-electron chi connectivity index (χ0n) is 14.6. The van der Waals surface area contributed by atoms with Crippen LogP contribution in [0.4, 0.5) is 0 Å². The molecule has 1 aromatic carbocycles. The van der Waals surface area contributed by atoms with Gasteiger partial charge in [0.2, 0.25) is 5.76 Å². The lowest BCUT2D eigenvalue weighted by molar-refractivity contribution is -0.0666. The molecule has 0 aliphatic heterocycles. The fourth-order valence-corrected chi connectivity index (χ4v) is 2.35. The van der Waals surface area contributed by atoms with E-state index >= 15 is 0 Å². The van der Waals surface area contributed by atoms with Crippen molar-refractivity contribution in [1.82, 2.24) is 5.06 Å². The lowest BCUT2D eigenvalue weighted by Crippen LogP contribution is -2.27. The van der Waals surface area contributed by atoms with Crippen molar-refractivity contribution in [3.63, 3.8) is 0 Å². The fraction of sp³-hybridized carbons (Fsp3) is 0.333. The second kappa shape index (κ2) is 8.70. The first-order chi connectivity index (χ1) is 12.1. The van der Waals surface area contributed by atoms with Gasteiger partial charge in [0.15, 0.2) is 0 Å². The van der Waals surface area contributed by atoms with E-state index < -0.39 is 5.97 Å². The SMILES string of the molecule is CCOC1=CC(N(C)OC(=O)c2ccccc2)=C(OCC)CC1=[N+]=[N-]. The van der Waals surface area contributed by atoms with E-state index in [0.717, 1.165) is 0 Å². The van der Waals surface area contributed by atoms with Crippen molar-refractivity contribution in [3.05, 3.63) is 64.7 Å². The summed E-state index contributed by atoms with van der Waals surface area (Å²) in [5.41, 5.74) is 10.5. The third-order valence-corrected chi connectivity index (χ3v) is 3.47. The minimum atomic E-state index is -0.487. The first-order valence-corrected chi connectivity index (χ1v) is 8.03. The first-order valence-electron chi connectivity index (χ1n) is 8.03. The van der Waals surface area contributed by atoms with Gasteiger partial charge in [-0.3, -0.25) is 0 Å². The smallest absolute Gasteiger partial charge is 0.363 e. The average Bonchev–Trinajstić information content (AvgIpc) is 2.63. The first kappa shape index (κ1) is 18.3. The highest BCUT2D eigenvalue weighted by Gasteiger charge is 2.30. The number of allylic oxidation sites excluding steroid dienone is 3. The zero-order chi connectivity index (χ0) is 18.2. The van der Waals surface area contributed by atoms with Gasteiger partial charge in [-0.1, -0.05) is 18.2 Å². The third-order valence-electron chi connectivity index (χ3n) is 3.47. The number of benzene rings is 1. The number of rotatable bonds is 7. The topological polar surface area (TPSA) is 84.4 Å². The van der Waals surface area contributed by atoms with Crippen molar-refractivity contribution in [3.8, 4) is 0 Å². The average molecular weight is 343 g/mol. The van der Waals surface area contributed by atoms with Crippen molar-refractivity contribution in [1.29, 1.82) is 0 Å². The Kier molecular flexibility index (Phi) is 6.37. The van der Waals surface area contributed by atoms with E-state index in [-0.39, 0.29) is 6.42 Å². The van der Waals surface area contributed by atoms with Crippen LogP contribution in [0.2, 0.25) is 0 Å². The molecular weight excluding hydrogens is 322 g/mol. The summed E-state index contributed by atoms with van der Waals surface area (Å²) < 4.78 is 11.1. The Bertz CT molecular complexity index is 734. The van der Waals surface area contributed by atoms with Gasteiger partial charge in [-0.15, -0.1) is 0 Å². The molecule has 0 radical (unpaired) electrons. The molecule has 0 heterocycles. The molecule has 0 amide bonds. The van der Waals surface area contributed by atoms with Crippen molar-refractivity contribution in [2.24, 2.45) is 0 Å². The number of nitrogens with zero attached hydrogens (tertiary/aromatic N) is 3. The van der Waals surface area contributed by atoms with Crippen molar-refractivity contribution in [2.75, 3.05) is 20.3 Å². The number of ether oxygens (including phenoxy) is 2. The Morgan fingerprint density at radius 2 is 1.88 bits per heavy atom. The second-order valence-electron chi connectivity index (χ2n) is 5.15. The third kappa shape index (κ3) is 4.49. The van der Waals surface area contributed by atoms with Gasteiger partial charge >= 0.3 is 11.7 Å². The summed E-state index contributed by atoms with van der Waals surface area (Å²) in [6.07, 6.45) is 1.87. The zero-order valence-corrected chi connectivity index (χ0v) is 14.6. The Hall–Kier alpha value is -3.05. The molecule has 0 atom stereocenters. The molecule has 1 aliphatic rings. The lowest BCUT2D eigenvalue weighted by Gasteiger charge is -2.24. The Morgan fingerprint density at radius 1 is 1.20 bits per heavy atom. The van der Waals surface area contributed by atoms with Crippen LogP contribution in [0.25, 0.3) is 5.53 Å². The summed E-state index contributed by atoms with van der Waals surface area (Å²) in [7, 11) is 1.61. The molecule has 0 unspecified atom stereocenters.